The first kappa shape index (κ1) is 17.4. The average molecular weight is 349 g/mol. The maximum atomic E-state index is 12.4. The summed E-state index contributed by atoms with van der Waals surface area (Å²) in [4.78, 5) is 30.7. The van der Waals surface area contributed by atoms with E-state index in [4.69, 9.17) is 4.74 Å². The molecule has 26 heavy (non-hydrogen) atoms. The zero-order valence-corrected chi connectivity index (χ0v) is 14.6. The van der Waals surface area contributed by atoms with Crippen LogP contribution < -0.4 is 15.7 Å². The minimum Gasteiger partial charge on any atom is -0.497 e. The highest BCUT2D eigenvalue weighted by molar-refractivity contribution is 5.93. The largest absolute Gasteiger partial charge is 0.497 e. The molecule has 0 bridgehead atoms. The van der Waals surface area contributed by atoms with Gasteiger partial charge in [-0.3, -0.25) is 4.79 Å². The molecule has 0 aliphatic rings. The standard InChI is InChI=1S/C20H19N3O3/c1-13-5-3-4-6-15(13)12-21-19(24)18-11-17(22-20(25)23-18)14-7-9-16(26-2)10-8-14/h3-11H,12H2,1-2H3,(H,21,24)(H,22,23,25). The first-order chi connectivity index (χ1) is 12.6. The Morgan fingerprint density at radius 2 is 1.88 bits per heavy atom. The molecule has 6 heteroatoms. The third-order valence-corrected chi connectivity index (χ3v) is 4.08. The van der Waals surface area contributed by atoms with Gasteiger partial charge in [-0.1, -0.05) is 24.3 Å². The first-order valence-corrected chi connectivity index (χ1v) is 8.15. The number of carbonyl (C=O) groups excluding carboxylic acids is 1. The molecule has 0 fully saturated rings. The molecule has 1 heterocycles. The minimum atomic E-state index is -0.570. The number of nitrogens with one attached hydrogen (secondary N) is 2. The van der Waals surface area contributed by atoms with Crippen LogP contribution in [0, 0.1) is 6.92 Å². The number of rotatable bonds is 5. The molecule has 0 aliphatic carbocycles. The Labute approximate surface area is 150 Å². The molecule has 2 aromatic carbocycles. The van der Waals surface area contributed by atoms with Gasteiger partial charge in [0.1, 0.15) is 11.4 Å². The molecule has 1 amide bonds. The first-order valence-electron chi connectivity index (χ1n) is 8.15. The van der Waals surface area contributed by atoms with Crippen LogP contribution in [0.1, 0.15) is 21.6 Å². The van der Waals surface area contributed by atoms with Crippen LogP contribution in [0.2, 0.25) is 0 Å². The van der Waals surface area contributed by atoms with Crippen molar-refractivity contribution in [2.45, 2.75) is 13.5 Å². The molecule has 2 N–H and O–H groups in total. The van der Waals surface area contributed by atoms with E-state index in [0.29, 0.717) is 18.0 Å². The van der Waals surface area contributed by atoms with Crippen LogP contribution in [-0.2, 0) is 6.54 Å². The van der Waals surface area contributed by atoms with Gasteiger partial charge in [0.05, 0.1) is 12.8 Å². The fourth-order valence-corrected chi connectivity index (χ4v) is 2.57. The second kappa shape index (κ2) is 7.65. The lowest BCUT2D eigenvalue weighted by Crippen LogP contribution is -2.27. The van der Waals surface area contributed by atoms with E-state index in [0.717, 1.165) is 16.7 Å². The Bertz CT molecular complexity index is 978. The quantitative estimate of drug-likeness (QED) is 0.742. The van der Waals surface area contributed by atoms with Gasteiger partial charge in [0.25, 0.3) is 5.91 Å². The lowest BCUT2D eigenvalue weighted by molar-refractivity contribution is 0.0945. The van der Waals surface area contributed by atoms with Gasteiger partial charge in [-0.25, -0.2) is 4.79 Å². The molecule has 132 valence electrons. The lowest BCUT2D eigenvalue weighted by Gasteiger charge is -2.09. The Balaban J connectivity index is 1.81. The smallest absolute Gasteiger partial charge is 0.346 e. The summed E-state index contributed by atoms with van der Waals surface area (Å²) in [5.41, 5.74) is 2.87. The van der Waals surface area contributed by atoms with Crippen LogP contribution in [-0.4, -0.2) is 23.0 Å². The molecular formula is C20H19N3O3. The van der Waals surface area contributed by atoms with Crippen molar-refractivity contribution in [3.8, 4) is 17.0 Å². The van der Waals surface area contributed by atoms with E-state index in [1.54, 1.807) is 37.4 Å². The van der Waals surface area contributed by atoms with Gasteiger partial charge in [-0.15, -0.1) is 0 Å². The molecule has 0 spiro atoms. The van der Waals surface area contributed by atoms with Crippen LogP contribution in [0.25, 0.3) is 11.3 Å². The molecule has 3 rings (SSSR count). The van der Waals surface area contributed by atoms with Crippen LogP contribution >= 0.6 is 0 Å². The van der Waals surface area contributed by atoms with Gasteiger partial charge in [0.2, 0.25) is 0 Å². The number of hydrogen-bond acceptors (Lipinski definition) is 4. The fraction of sp³-hybridized carbons (Fsp3) is 0.150. The summed E-state index contributed by atoms with van der Waals surface area (Å²) in [5, 5.41) is 2.82. The number of ether oxygens (including phenoxy) is 1. The number of methoxy groups -OCH3 is 1. The summed E-state index contributed by atoms with van der Waals surface area (Å²) in [6.07, 6.45) is 0. The normalized spacial score (nSPS) is 10.4. The molecule has 0 saturated carbocycles. The Morgan fingerprint density at radius 1 is 1.15 bits per heavy atom. The van der Waals surface area contributed by atoms with Crippen molar-refractivity contribution in [3.05, 3.63) is 81.9 Å². The van der Waals surface area contributed by atoms with E-state index in [9.17, 15) is 9.59 Å². The van der Waals surface area contributed by atoms with Gasteiger partial charge in [-0.2, -0.15) is 4.98 Å². The summed E-state index contributed by atoms with van der Waals surface area (Å²) in [7, 11) is 1.58. The molecular weight excluding hydrogens is 330 g/mol. The van der Waals surface area contributed by atoms with Crippen LogP contribution in [0.5, 0.6) is 5.75 Å². The van der Waals surface area contributed by atoms with Gasteiger partial charge < -0.3 is 15.0 Å². The van der Waals surface area contributed by atoms with Crippen molar-refractivity contribution in [2.24, 2.45) is 0 Å². The Kier molecular flexibility index (Phi) is 5.12. The van der Waals surface area contributed by atoms with Crippen molar-refractivity contribution >= 4 is 5.91 Å². The van der Waals surface area contributed by atoms with Crippen molar-refractivity contribution in [2.75, 3.05) is 7.11 Å². The number of hydrogen-bond donors (Lipinski definition) is 2. The molecule has 0 unspecified atom stereocenters. The number of aryl methyl sites for hydroxylation is 1. The van der Waals surface area contributed by atoms with E-state index in [1.165, 1.54) is 0 Å². The van der Waals surface area contributed by atoms with Gasteiger partial charge in [-0.05, 0) is 48.4 Å². The number of benzene rings is 2. The number of H-pyrrole nitrogens is 1. The molecule has 0 atom stereocenters. The minimum absolute atomic E-state index is 0.171. The molecule has 3 aromatic rings. The van der Waals surface area contributed by atoms with E-state index in [2.05, 4.69) is 15.3 Å². The van der Waals surface area contributed by atoms with E-state index in [-0.39, 0.29) is 11.6 Å². The number of aromatic amines is 1. The monoisotopic (exact) mass is 349 g/mol. The summed E-state index contributed by atoms with van der Waals surface area (Å²) in [6, 6.07) is 16.5. The fourth-order valence-electron chi connectivity index (χ4n) is 2.57. The molecule has 0 aliphatic heterocycles. The van der Waals surface area contributed by atoms with Gasteiger partial charge in [0.15, 0.2) is 0 Å². The van der Waals surface area contributed by atoms with Gasteiger partial charge in [0, 0.05) is 12.1 Å². The van der Waals surface area contributed by atoms with E-state index < -0.39 is 5.69 Å². The highest BCUT2D eigenvalue weighted by atomic mass is 16.5. The summed E-state index contributed by atoms with van der Waals surface area (Å²) in [6.45, 7) is 2.37. The highest BCUT2D eigenvalue weighted by Crippen LogP contribution is 2.20. The van der Waals surface area contributed by atoms with Crippen LogP contribution in [0.4, 0.5) is 0 Å². The predicted molar refractivity (Wildman–Crippen MR) is 99.2 cm³/mol. The third kappa shape index (κ3) is 3.97. The average Bonchev–Trinajstić information content (AvgIpc) is 2.66. The second-order valence-corrected chi connectivity index (χ2v) is 5.82. The van der Waals surface area contributed by atoms with Crippen molar-refractivity contribution in [1.29, 1.82) is 0 Å². The number of nitrogens with zero attached hydrogens (tertiary/aromatic N) is 1. The SMILES string of the molecule is COc1ccc(-c2cc(C(=O)NCc3ccccc3C)[nH]c(=O)n2)cc1. The molecule has 6 nitrogen and oxygen atoms in total. The molecule has 0 radical (unpaired) electrons. The molecule has 0 saturated heterocycles. The van der Waals surface area contributed by atoms with E-state index >= 15 is 0 Å². The lowest BCUT2D eigenvalue weighted by atomic mass is 10.1. The second-order valence-electron chi connectivity index (χ2n) is 5.82. The topological polar surface area (TPSA) is 84.1 Å². The van der Waals surface area contributed by atoms with Gasteiger partial charge >= 0.3 is 5.69 Å². The summed E-state index contributed by atoms with van der Waals surface area (Å²) >= 11 is 0. The Morgan fingerprint density at radius 3 is 2.58 bits per heavy atom. The Hall–Kier alpha value is -3.41. The van der Waals surface area contributed by atoms with Crippen LogP contribution in [0.15, 0.2) is 59.4 Å². The van der Waals surface area contributed by atoms with Crippen molar-refractivity contribution in [3.63, 3.8) is 0 Å². The number of carbonyl (C=O) groups is 1. The van der Waals surface area contributed by atoms with Crippen LogP contribution in [0.3, 0.4) is 0 Å². The molecule has 1 aromatic heterocycles. The van der Waals surface area contributed by atoms with Crippen molar-refractivity contribution < 1.29 is 9.53 Å². The number of aromatic nitrogens is 2. The zero-order chi connectivity index (χ0) is 18.5. The van der Waals surface area contributed by atoms with E-state index in [1.807, 2.05) is 31.2 Å². The number of amides is 1. The predicted octanol–water partition coefficient (Wildman–Crippen LogP) is 2.68. The van der Waals surface area contributed by atoms with Crippen molar-refractivity contribution in [1.82, 2.24) is 15.3 Å². The highest BCUT2D eigenvalue weighted by Gasteiger charge is 2.11. The maximum absolute atomic E-state index is 12.4. The summed E-state index contributed by atoms with van der Waals surface area (Å²) in [5.74, 6) is 0.345. The third-order valence-electron chi connectivity index (χ3n) is 4.08. The zero-order valence-electron chi connectivity index (χ0n) is 14.6. The summed E-state index contributed by atoms with van der Waals surface area (Å²) < 4.78 is 5.12. The maximum Gasteiger partial charge on any atom is 0.346 e.